The lowest BCUT2D eigenvalue weighted by Crippen LogP contribution is -2.32. The van der Waals surface area contributed by atoms with Crippen molar-refractivity contribution in [3.63, 3.8) is 0 Å². The first-order chi connectivity index (χ1) is 20.4. The molecule has 5 rings (SSSR count). The van der Waals surface area contributed by atoms with Crippen molar-refractivity contribution in [1.82, 2.24) is 19.3 Å². The Morgan fingerprint density at radius 2 is 1.84 bits per heavy atom. The number of nitrogen functional groups attached to an aromatic ring is 1. The SMILES string of the molecule is Cc1c(C(=O)Nc2ccc(Oc3ccc(O)c(-c4ccnc(N)n4)c3)c(F)c2)c(=O)n(-c2ccccc2)n1CC(C)(C)O. The summed E-state index contributed by atoms with van der Waals surface area (Å²) in [5, 5.41) is 23.4. The molecule has 43 heavy (non-hydrogen) atoms. The normalized spacial score (nSPS) is 11.4. The molecule has 0 radical (unpaired) electrons. The molecule has 0 fully saturated rings. The van der Waals surface area contributed by atoms with Crippen LogP contribution < -0.4 is 21.3 Å². The standard InChI is InChI=1S/C31H29FN6O5/c1-18-27(29(41)38(20-7-5-4-6-8-20)37(18)17-31(2,3)42)28(40)35-19-9-12-26(23(32)15-19)43-21-10-11-25(39)22(16-21)24-13-14-34-30(33)36-24/h4-16,39,42H,17H2,1-3H3,(H,35,40)(H2,33,34,36). The third-order valence-corrected chi connectivity index (χ3v) is 6.50. The fourth-order valence-corrected chi connectivity index (χ4v) is 4.58. The highest BCUT2D eigenvalue weighted by molar-refractivity contribution is 6.05. The summed E-state index contributed by atoms with van der Waals surface area (Å²) >= 11 is 0. The summed E-state index contributed by atoms with van der Waals surface area (Å²) in [5.41, 5.74) is 5.35. The van der Waals surface area contributed by atoms with Crippen molar-refractivity contribution in [3.8, 4) is 34.2 Å². The van der Waals surface area contributed by atoms with Gasteiger partial charge in [0, 0.05) is 23.5 Å². The third kappa shape index (κ3) is 6.23. The van der Waals surface area contributed by atoms with Gasteiger partial charge in [-0.25, -0.2) is 19.0 Å². The van der Waals surface area contributed by atoms with E-state index in [1.807, 2.05) is 0 Å². The number of halogens is 1. The average Bonchev–Trinajstić information content (AvgIpc) is 3.19. The van der Waals surface area contributed by atoms with Crippen molar-refractivity contribution in [1.29, 1.82) is 0 Å². The lowest BCUT2D eigenvalue weighted by Gasteiger charge is -2.22. The summed E-state index contributed by atoms with van der Waals surface area (Å²) in [7, 11) is 0. The first kappa shape index (κ1) is 29.0. The molecule has 0 aliphatic carbocycles. The largest absolute Gasteiger partial charge is 0.507 e. The highest BCUT2D eigenvalue weighted by Crippen LogP contribution is 2.34. The first-order valence-electron chi connectivity index (χ1n) is 13.2. The molecule has 3 aromatic carbocycles. The number of aliphatic hydroxyl groups is 1. The Morgan fingerprint density at radius 1 is 1.09 bits per heavy atom. The van der Waals surface area contributed by atoms with Gasteiger partial charge in [-0.1, -0.05) is 18.2 Å². The molecule has 12 heteroatoms. The molecule has 11 nitrogen and oxygen atoms in total. The van der Waals surface area contributed by atoms with Gasteiger partial charge < -0.3 is 26.0 Å². The van der Waals surface area contributed by atoms with Crippen LogP contribution in [-0.2, 0) is 6.54 Å². The molecule has 5 N–H and O–H groups in total. The van der Waals surface area contributed by atoms with Gasteiger partial charge in [0.2, 0.25) is 5.95 Å². The summed E-state index contributed by atoms with van der Waals surface area (Å²) < 4.78 is 23.7. The monoisotopic (exact) mass is 584 g/mol. The second-order valence-corrected chi connectivity index (χ2v) is 10.5. The number of aromatic hydroxyl groups is 1. The summed E-state index contributed by atoms with van der Waals surface area (Å²) in [6, 6.07) is 18.5. The Labute approximate surface area is 245 Å². The number of carbonyl (C=O) groups excluding carboxylic acids is 1. The van der Waals surface area contributed by atoms with Crippen molar-refractivity contribution in [2.75, 3.05) is 11.1 Å². The van der Waals surface area contributed by atoms with Crippen LogP contribution in [0, 0.1) is 12.7 Å². The maximum atomic E-state index is 15.1. The van der Waals surface area contributed by atoms with Crippen molar-refractivity contribution in [2.45, 2.75) is 32.9 Å². The minimum atomic E-state index is -1.18. The van der Waals surface area contributed by atoms with Crippen LogP contribution in [0.1, 0.15) is 29.9 Å². The van der Waals surface area contributed by atoms with Gasteiger partial charge in [-0.2, -0.15) is 0 Å². The second-order valence-electron chi connectivity index (χ2n) is 10.5. The van der Waals surface area contributed by atoms with Crippen LogP contribution >= 0.6 is 0 Å². The van der Waals surface area contributed by atoms with Crippen LogP contribution in [0.3, 0.4) is 0 Å². The van der Waals surface area contributed by atoms with Gasteiger partial charge in [0.05, 0.1) is 29.2 Å². The topological polar surface area (TPSA) is 158 Å². The minimum Gasteiger partial charge on any atom is -0.507 e. The Hall–Kier alpha value is -5.49. The molecule has 0 aliphatic rings. The quantitative estimate of drug-likeness (QED) is 0.205. The Bertz CT molecular complexity index is 1880. The van der Waals surface area contributed by atoms with E-state index in [0.717, 1.165) is 6.07 Å². The fourth-order valence-electron chi connectivity index (χ4n) is 4.58. The van der Waals surface area contributed by atoms with Gasteiger partial charge in [-0.05, 0) is 69.3 Å². The number of rotatable bonds is 8. The first-order valence-corrected chi connectivity index (χ1v) is 13.2. The summed E-state index contributed by atoms with van der Waals surface area (Å²) in [4.78, 5) is 34.8. The van der Waals surface area contributed by atoms with E-state index in [9.17, 15) is 19.8 Å². The second kappa shape index (κ2) is 11.4. The Morgan fingerprint density at radius 3 is 2.51 bits per heavy atom. The van der Waals surface area contributed by atoms with E-state index in [0.29, 0.717) is 22.6 Å². The summed E-state index contributed by atoms with van der Waals surface area (Å²) in [5.74, 6) is -1.50. The number of benzene rings is 3. The summed E-state index contributed by atoms with van der Waals surface area (Å²) in [6.07, 6.45) is 1.44. The van der Waals surface area contributed by atoms with Gasteiger partial charge >= 0.3 is 0 Å². The molecule has 5 aromatic rings. The number of carbonyl (C=O) groups is 1. The van der Waals surface area contributed by atoms with E-state index in [1.54, 1.807) is 61.9 Å². The van der Waals surface area contributed by atoms with Gasteiger partial charge in [0.15, 0.2) is 11.6 Å². The van der Waals surface area contributed by atoms with Crippen LogP contribution in [-0.4, -0.2) is 41.1 Å². The molecule has 0 bridgehead atoms. The molecule has 220 valence electrons. The van der Waals surface area contributed by atoms with Crippen LogP contribution in [0.2, 0.25) is 0 Å². The Kier molecular flexibility index (Phi) is 7.70. The number of para-hydroxylation sites is 1. The van der Waals surface area contributed by atoms with Crippen molar-refractivity contribution in [3.05, 3.63) is 106 Å². The number of nitrogens with zero attached hydrogens (tertiary/aromatic N) is 4. The third-order valence-electron chi connectivity index (χ3n) is 6.50. The zero-order valence-electron chi connectivity index (χ0n) is 23.6. The van der Waals surface area contributed by atoms with E-state index in [2.05, 4.69) is 15.3 Å². The van der Waals surface area contributed by atoms with Crippen molar-refractivity contribution in [2.24, 2.45) is 0 Å². The number of phenolic OH excluding ortho intramolecular Hbond substituents is 1. The van der Waals surface area contributed by atoms with Crippen LogP contribution in [0.4, 0.5) is 16.0 Å². The molecule has 2 aromatic heterocycles. The number of nitrogens with two attached hydrogens (primary N) is 1. The molecule has 0 aliphatic heterocycles. The van der Waals surface area contributed by atoms with Crippen molar-refractivity contribution < 1.29 is 24.1 Å². The number of hydrogen-bond donors (Lipinski definition) is 4. The molecule has 2 heterocycles. The maximum Gasteiger partial charge on any atom is 0.284 e. The predicted octanol–water partition coefficient (Wildman–Crippen LogP) is 4.65. The van der Waals surface area contributed by atoms with Crippen molar-refractivity contribution >= 4 is 17.5 Å². The van der Waals surface area contributed by atoms with Gasteiger partial charge in [0.25, 0.3) is 11.5 Å². The van der Waals surface area contributed by atoms with E-state index in [1.165, 1.54) is 41.2 Å². The number of ether oxygens (including phenoxy) is 1. The number of anilines is 2. The predicted molar refractivity (Wildman–Crippen MR) is 159 cm³/mol. The maximum absolute atomic E-state index is 15.1. The lowest BCUT2D eigenvalue weighted by molar-refractivity contribution is 0.0546. The van der Waals surface area contributed by atoms with Gasteiger partial charge in [-0.15, -0.1) is 0 Å². The van der Waals surface area contributed by atoms with Crippen LogP contribution in [0.5, 0.6) is 17.2 Å². The molecule has 0 saturated carbocycles. The summed E-state index contributed by atoms with van der Waals surface area (Å²) in [6.45, 7) is 4.85. The van der Waals surface area contributed by atoms with Gasteiger partial charge in [-0.3, -0.25) is 14.3 Å². The van der Waals surface area contributed by atoms with E-state index >= 15 is 4.39 Å². The fraction of sp³-hybridized carbons (Fsp3) is 0.161. The highest BCUT2D eigenvalue weighted by atomic mass is 19.1. The molecular weight excluding hydrogens is 555 g/mol. The molecule has 1 amide bonds. The zero-order valence-corrected chi connectivity index (χ0v) is 23.6. The van der Waals surface area contributed by atoms with Crippen LogP contribution in [0.15, 0.2) is 83.8 Å². The molecule has 0 saturated heterocycles. The average molecular weight is 585 g/mol. The molecule has 0 spiro atoms. The number of amides is 1. The van der Waals surface area contributed by atoms with Crippen LogP contribution in [0.25, 0.3) is 16.9 Å². The van der Waals surface area contributed by atoms with E-state index in [-0.39, 0.29) is 41.0 Å². The molecule has 0 unspecified atom stereocenters. The zero-order chi connectivity index (χ0) is 30.9. The van der Waals surface area contributed by atoms with E-state index < -0.39 is 22.9 Å². The minimum absolute atomic E-state index is 0.0230. The number of aromatic nitrogens is 4. The number of phenols is 1. The smallest absolute Gasteiger partial charge is 0.284 e. The Balaban J connectivity index is 1.41. The molecule has 0 atom stereocenters. The lowest BCUT2D eigenvalue weighted by atomic mass is 10.1. The van der Waals surface area contributed by atoms with E-state index in [4.69, 9.17) is 10.5 Å². The highest BCUT2D eigenvalue weighted by Gasteiger charge is 2.27. The number of hydrogen-bond acceptors (Lipinski definition) is 8. The van der Waals surface area contributed by atoms with Gasteiger partial charge in [0.1, 0.15) is 17.1 Å². The molecular formula is C31H29FN6O5. The number of nitrogens with one attached hydrogen (secondary N) is 1.